The molecule has 0 saturated heterocycles. The molecule has 0 bridgehead atoms. The number of hydrogen-bond donors (Lipinski definition) is 1. The molecule has 6 rings (SSSR count). The molecule has 2 aliphatic rings. The maximum Gasteiger partial charge on any atom is 0.349 e. The van der Waals surface area contributed by atoms with Crippen LogP contribution in [-0.2, 0) is 0 Å². The predicted octanol–water partition coefficient (Wildman–Crippen LogP) is 5.32. The van der Waals surface area contributed by atoms with Crippen LogP contribution >= 0.6 is 11.8 Å². The molecule has 162 valence electrons. The van der Waals surface area contributed by atoms with Crippen molar-refractivity contribution in [3.05, 3.63) is 94.3 Å². The van der Waals surface area contributed by atoms with E-state index in [0.717, 1.165) is 28.3 Å². The molecule has 0 radical (unpaired) electrons. The number of benzene rings is 3. The van der Waals surface area contributed by atoms with Crippen molar-refractivity contribution in [2.75, 3.05) is 10.2 Å². The van der Waals surface area contributed by atoms with Gasteiger partial charge in [-0.15, -0.1) is 0 Å². The first-order valence-corrected chi connectivity index (χ1v) is 11.5. The van der Waals surface area contributed by atoms with Crippen LogP contribution in [0.25, 0.3) is 11.0 Å². The van der Waals surface area contributed by atoms with Gasteiger partial charge in [-0.05, 0) is 55.3 Å². The first-order valence-electron chi connectivity index (χ1n) is 10.7. The average Bonchev–Trinajstić information content (AvgIpc) is 3.66. The lowest BCUT2D eigenvalue weighted by Gasteiger charge is -2.23. The fourth-order valence-electron chi connectivity index (χ4n) is 4.08. The Bertz CT molecular complexity index is 1510. The van der Waals surface area contributed by atoms with Gasteiger partial charge in [0.1, 0.15) is 11.1 Å². The summed E-state index contributed by atoms with van der Waals surface area (Å²) in [6.07, 6.45) is 1.96. The van der Waals surface area contributed by atoms with E-state index < -0.39 is 11.5 Å². The van der Waals surface area contributed by atoms with Crippen LogP contribution in [0.2, 0.25) is 0 Å². The summed E-state index contributed by atoms with van der Waals surface area (Å²) in [6.45, 7) is 0. The van der Waals surface area contributed by atoms with Crippen LogP contribution in [0.15, 0.2) is 91.8 Å². The van der Waals surface area contributed by atoms with E-state index >= 15 is 0 Å². The summed E-state index contributed by atoms with van der Waals surface area (Å²) >= 11 is 1.50. The number of nitrogens with one attached hydrogen (secondary N) is 1. The van der Waals surface area contributed by atoms with E-state index in [1.165, 1.54) is 11.8 Å². The Morgan fingerprint density at radius 3 is 2.58 bits per heavy atom. The summed E-state index contributed by atoms with van der Waals surface area (Å²) < 4.78 is 5.29. The molecule has 1 aliphatic heterocycles. The zero-order chi connectivity index (χ0) is 22.5. The number of carbonyl (C=O) groups is 2. The lowest BCUT2D eigenvalue weighted by Crippen LogP contribution is -2.32. The normalized spacial score (nSPS) is 15.0. The van der Waals surface area contributed by atoms with E-state index in [2.05, 4.69) is 5.32 Å². The van der Waals surface area contributed by atoms with Gasteiger partial charge in [0.2, 0.25) is 0 Å². The molecule has 0 unspecified atom stereocenters. The molecule has 2 heterocycles. The Kier molecular flexibility index (Phi) is 4.58. The van der Waals surface area contributed by atoms with E-state index in [0.29, 0.717) is 22.2 Å². The van der Waals surface area contributed by atoms with Crippen molar-refractivity contribution in [2.24, 2.45) is 0 Å². The smallest absolute Gasteiger partial charge is 0.349 e. The Balaban J connectivity index is 1.37. The summed E-state index contributed by atoms with van der Waals surface area (Å²) in [7, 11) is 0. The van der Waals surface area contributed by atoms with Gasteiger partial charge in [0, 0.05) is 26.9 Å². The largest absolute Gasteiger partial charge is 0.422 e. The first kappa shape index (κ1) is 19.8. The SMILES string of the molecule is O=C(Nc1ccc2c(c1)Sc1ccccc1C(=O)N2C1CC1)c1cc2ccccc2oc1=O. The quantitative estimate of drug-likeness (QED) is 0.424. The average molecular weight is 455 g/mol. The summed E-state index contributed by atoms with van der Waals surface area (Å²) in [5.41, 5.74) is 1.76. The minimum atomic E-state index is -0.685. The van der Waals surface area contributed by atoms with Gasteiger partial charge in [-0.1, -0.05) is 42.1 Å². The molecule has 1 aromatic heterocycles. The molecule has 1 N–H and O–H groups in total. The van der Waals surface area contributed by atoms with Crippen LogP contribution in [0.3, 0.4) is 0 Å². The third-order valence-electron chi connectivity index (χ3n) is 5.83. The molecule has 1 fully saturated rings. The van der Waals surface area contributed by atoms with Crippen molar-refractivity contribution >= 4 is 45.9 Å². The van der Waals surface area contributed by atoms with E-state index in [1.54, 1.807) is 30.3 Å². The number of nitrogens with zero attached hydrogens (tertiary/aromatic N) is 1. The van der Waals surface area contributed by atoms with Crippen LogP contribution in [0.4, 0.5) is 11.4 Å². The monoisotopic (exact) mass is 454 g/mol. The summed E-state index contributed by atoms with van der Waals surface area (Å²) in [5, 5.41) is 3.49. The summed E-state index contributed by atoms with van der Waals surface area (Å²) in [4.78, 5) is 42.2. The molecule has 4 aromatic rings. The zero-order valence-corrected chi connectivity index (χ0v) is 18.2. The number of fused-ring (bicyclic) bond motifs is 3. The van der Waals surface area contributed by atoms with Gasteiger partial charge in [-0.3, -0.25) is 9.59 Å². The fourth-order valence-corrected chi connectivity index (χ4v) is 5.18. The van der Waals surface area contributed by atoms with E-state index in [4.69, 9.17) is 4.42 Å². The third kappa shape index (κ3) is 3.50. The molecule has 6 nitrogen and oxygen atoms in total. The summed E-state index contributed by atoms with van der Waals surface area (Å²) in [6, 6.07) is 21.9. The number of para-hydroxylation sites is 1. The third-order valence-corrected chi connectivity index (χ3v) is 6.95. The Hall–Kier alpha value is -3.84. The number of amides is 2. The van der Waals surface area contributed by atoms with Crippen molar-refractivity contribution in [3.63, 3.8) is 0 Å². The van der Waals surface area contributed by atoms with Gasteiger partial charge in [-0.25, -0.2) is 4.79 Å². The zero-order valence-electron chi connectivity index (χ0n) is 17.4. The summed E-state index contributed by atoms with van der Waals surface area (Å²) in [5.74, 6) is -0.534. The fraction of sp³-hybridized carbons (Fsp3) is 0.115. The molecule has 7 heteroatoms. The standard InChI is InChI=1S/C26H18N2O4S/c29-24(19-13-15-5-1-3-7-21(15)32-26(19)31)27-16-9-12-20-23(14-16)33-22-8-4-2-6-18(22)25(30)28(20)17-10-11-17/h1-9,12-14,17H,10-11H2,(H,27,29). The molecular formula is C26H18N2O4S. The Morgan fingerprint density at radius 1 is 0.939 bits per heavy atom. The maximum atomic E-state index is 13.3. The van der Waals surface area contributed by atoms with Crippen LogP contribution < -0.4 is 15.8 Å². The van der Waals surface area contributed by atoms with E-state index in [1.807, 2.05) is 47.4 Å². The Labute approximate surface area is 193 Å². The number of carbonyl (C=O) groups excluding carboxylic acids is 2. The molecule has 0 spiro atoms. The van der Waals surface area contributed by atoms with Gasteiger partial charge in [0.05, 0.1) is 11.3 Å². The van der Waals surface area contributed by atoms with E-state index in [9.17, 15) is 14.4 Å². The molecule has 0 atom stereocenters. The second-order valence-electron chi connectivity index (χ2n) is 8.13. The predicted molar refractivity (Wildman–Crippen MR) is 127 cm³/mol. The van der Waals surface area contributed by atoms with Gasteiger partial charge < -0.3 is 14.6 Å². The minimum absolute atomic E-state index is 0.00454. The van der Waals surface area contributed by atoms with Gasteiger partial charge in [-0.2, -0.15) is 0 Å². The topological polar surface area (TPSA) is 79.6 Å². The molecular weight excluding hydrogens is 436 g/mol. The second kappa shape index (κ2) is 7.64. The lowest BCUT2D eigenvalue weighted by molar-refractivity contribution is 0.0980. The number of rotatable bonds is 3. The molecule has 2 amide bonds. The molecule has 1 aliphatic carbocycles. The van der Waals surface area contributed by atoms with Crippen molar-refractivity contribution in [1.29, 1.82) is 0 Å². The van der Waals surface area contributed by atoms with E-state index in [-0.39, 0.29) is 17.5 Å². The van der Waals surface area contributed by atoms with Crippen molar-refractivity contribution in [2.45, 2.75) is 28.7 Å². The Morgan fingerprint density at radius 2 is 1.73 bits per heavy atom. The highest BCUT2D eigenvalue weighted by molar-refractivity contribution is 7.99. The van der Waals surface area contributed by atoms with Crippen molar-refractivity contribution in [1.82, 2.24) is 0 Å². The van der Waals surface area contributed by atoms with Gasteiger partial charge in [0.15, 0.2) is 0 Å². The van der Waals surface area contributed by atoms with Crippen LogP contribution in [0.1, 0.15) is 33.6 Å². The van der Waals surface area contributed by atoms with Crippen LogP contribution in [-0.4, -0.2) is 17.9 Å². The van der Waals surface area contributed by atoms with Crippen molar-refractivity contribution in [3.8, 4) is 0 Å². The second-order valence-corrected chi connectivity index (χ2v) is 9.21. The molecule has 1 saturated carbocycles. The highest BCUT2D eigenvalue weighted by Crippen LogP contribution is 2.46. The maximum absolute atomic E-state index is 13.3. The van der Waals surface area contributed by atoms with Crippen molar-refractivity contribution < 1.29 is 14.0 Å². The number of hydrogen-bond acceptors (Lipinski definition) is 5. The minimum Gasteiger partial charge on any atom is -0.422 e. The lowest BCUT2D eigenvalue weighted by atomic mass is 10.1. The highest BCUT2D eigenvalue weighted by atomic mass is 32.2. The van der Waals surface area contributed by atoms with Crippen LogP contribution in [0, 0.1) is 0 Å². The first-order chi connectivity index (χ1) is 16.1. The molecule has 3 aromatic carbocycles. The van der Waals surface area contributed by atoms with Gasteiger partial charge in [0.25, 0.3) is 11.8 Å². The highest BCUT2D eigenvalue weighted by Gasteiger charge is 2.38. The number of anilines is 2. The van der Waals surface area contributed by atoms with Gasteiger partial charge >= 0.3 is 5.63 Å². The molecule has 33 heavy (non-hydrogen) atoms. The van der Waals surface area contributed by atoms with Crippen LogP contribution in [0.5, 0.6) is 0 Å².